The van der Waals surface area contributed by atoms with Crippen LogP contribution in [0.25, 0.3) is 0 Å². The Morgan fingerprint density at radius 1 is 1.35 bits per heavy atom. The van der Waals surface area contributed by atoms with Crippen LogP contribution in [0.5, 0.6) is 5.75 Å². The van der Waals surface area contributed by atoms with Crippen molar-refractivity contribution < 1.29 is 9.53 Å². The van der Waals surface area contributed by atoms with Crippen LogP contribution in [0.3, 0.4) is 0 Å². The smallest absolute Gasteiger partial charge is 0.275 e. The summed E-state index contributed by atoms with van der Waals surface area (Å²) in [7, 11) is 0. The number of nitrogens with one attached hydrogen (secondary N) is 1. The summed E-state index contributed by atoms with van der Waals surface area (Å²) in [6.45, 7) is 0.292. The molecule has 1 aromatic heterocycles. The molecule has 0 bridgehead atoms. The molecule has 0 spiro atoms. The maximum absolute atomic E-state index is 11.3. The Kier molecular flexibility index (Phi) is 5.29. The minimum atomic E-state index is -0.328. The highest BCUT2D eigenvalue weighted by atomic mass is 79.9. The van der Waals surface area contributed by atoms with Gasteiger partial charge in [0, 0.05) is 15.4 Å². The van der Waals surface area contributed by atoms with Crippen LogP contribution in [0.15, 0.2) is 28.7 Å². The van der Waals surface area contributed by atoms with Gasteiger partial charge in [-0.2, -0.15) is 0 Å². The van der Waals surface area contributed by atoms with Crippen molar-refractivity contribution in [3.8, 4) is 5.75 Å². The van der Waals surface area contributed by atoms with Crippen molar-refractivity contribution in [2.24, 2.45) is 5.84 Å². The number of hydrazine groups is 1. The van der Waals surface area contributed by atoms with Crippen molar-refractivity contribution in [3.63, 3.8) is 0 Å². The predicted molar refractivity (Wildman–Crippen MR) is 84.5 cm³/mol. The van der Waals surface area contributed by atoms with Crippen molar-refractivity contribution >= 4 is 56.4 Å². The molecule has 1 heterocycles. The Labute approximate surface area is 137 Å². The summed E-state index contributed by atoms with van der Waals surface area (Å²) < 4.78 is 6.30. The molecule has 3 N–H and O–H groups in total. The van der Waals surface area contributed by atoms with Crippen molar-refractivity contribution in [3.05, 3.63) is 48.5 Å². The van der Waals surface area contributed by atoms with Crippen LogP contribution in [0.2, 0.25) is 10.0 Å². The van der Waals surface area contributed by atoms with E-state index in [1.54, 1.807) is 24.3 Å². The molecule has 2 rings (SSSR count). The van der Waals surface area contributed by atoms with Gasteiger partial charge < -0.3 is 4.74 Å². The fourth-order valence-corrected chi connectivity index (χ4v) is 3.08. The van der Waals surface area contributed by atoms with E-state index in [4.69, 9.17) is 33.8 Å². The lowest BCUT2D eigenvalue weighted by Crippen LogP contribution is -2.29. The largest absolute Gasteiger partial charge is 0.486 e. The number of hydrogen-bond acceptors (Lipinski definition) is 4. The van der Waals surface area contributed by atoms with E-state index in [2.05, 4.69) is 21.4 Å². The number of thiophene rings is 1. The molecule has 0 atom stereocenters. The van der Waals surface area contributed by atoms with Gasteiger partial charge in [-0.25, -0.2) is 5.84 Å². The summed E-state index contributed by atoms with van der Waals surface area (Å²) in [4.78, 5) is 12.7. The lowest BCUT2D eigenvalue weighted by Gasteiger charge is -2.08. The van der Waals surface area contributed by atoms with Crippen LogP contribution in [-0.4, -0.2) is 5.91 Å². The molecule has 8 heteroatoms. The lowest BCUT2D eigenvalue weighted by atomic mass is 10.3. The van der Waals surface area contributed by atoms with Gasteiger partial charge >= 0.3 is 0 Å². The van der Waals surface area contributed by atoms with E-state index >= 15 is 0 Å². The van der Waals surface area contributed by atoms with Crippen LogP contribution in [-0.2, 0) is 6.61 Å². The van der Waals surface area contributed by atoms with Gasteiger partial charge in [0.05, 0.1) is 14.9 Å². The number of carbonyl (C=O) groups is 1. The maximum atomic E-state index is 11.3. The summed E-state index contributed by atoms with van der Waals surface area (Å²) in [6, 6.07) is 6.78. The first kappa shape index (κ1) is 15.6. The van der Waals surface area contributed by atoms with Crippen molar-refractivity contribution in [1.29, 1.82) is 0 Å². The molecule has 0 fully saturated rings. The minimum Gasteiger partial charge on any atom is -0.486 e. The van der Waals surface area contributed by atoms with E-state index in [1.165, 1.54) is 11.3 Å². The molecule has 20 heavy (non-hydrogen) atoms. The summed E-state index contributed by atoms with van der Waals surface area (Å²) in [5, 5.41) is 0.969. The molecule has 106 valence electrons. The van der Waals surface area contributed by atoms with E-state index < -0.39 is 0 Å². The minimum absolute atomic E-state index is 0.292. The number of nitrogen functional groups attached to an aromatic ring is 1. The Morgan fingerprint density at radius 3 is 2.80 bits per heavy atom. The molecule has 0 aliphatic heterocycles. The number of carbonyl (C=O) groups excluding carboxylic acids is 1. The fourth-order valence-electron chi connectivity index (χ4n) is 1.41. The van der Waals surface area contributed by atoms with Crippen molar-refractivity contribution in [1.82, 2.24) is 5.43 Å². The number of halogens is 3. The van der Waals surface area contributed by atoms with Gasteiger partial charge in [-0.1, -0.05) is 23.2 Å². The lowest BCUT2D eigenvalue weighted by molar-refractivity contribution is 0.0957. The van der Waals surface area contributed by atoms with Gasteiger partial charge in [-0.3, -0.25) is 10.2 Å². The summed E-state index contributed by atoms with van der Waals surface area (Å²) in [5.41, 5.74) is 2.08. The zero-order chi connectivity index (χ0) is 14.7. The van der Waals surface area contributed by atoms with Crippen LogP contribution in [0, 0.1) is 0 Å². The molecule has 0 radical (unpaired) electrons. The molecule has 1 amide bonds. The van der Waals surface area contributed by atoms with Crippen LogP contribution in [0.1, 0.15) is 14.5 Å². The first-order valence-electron chi connectivity index (χ1n) is 5.38. The third-order valence-electron chi connectivity index (χ3n) is 2.36. The molecule has 4 nitrogen and oxygen atoms in total. The monoisotopic (exact) mass is 394 g/mol. The van der Waals surface area contributed by atoms with Crippen LogP contribution < -0.4 is 16.0 Å². The quantitative estimate of drug-likeness (QED) is 0.356. The number of rotatable bonds is 4. The van der Waals surface area contributed by atoms with Crippen molar-refractivity contribution in [2.75, 3.05) is 0 Å². The number of amides is 1. The number of hydrogen-bond donors (Lipinski definition) is 2. The van der Waals surface area contributed by atoms with Gasteiger partial charge in [0.2, 0.25) is 0 Å². The molecule has 0 aliphatic carbocycles. The van der Waals surface area contributed by atoms with Gasteiger partial charge in [0.1, 0.15) is 12.4 Å². The molecule has 0 aliphatic rings. The Bertz CT molecular complexity index is 648. The zero-order valence-corrected chi connectivity index (χ0v) is 13.9. The van der Waals surface area contributed by atoms with E-state index in [0.29, 0.717) is 31.8 Å². The highest BCUT2D eigenvalue weighted by Gasteiger charge is 2.10. The number of ether oxygens (including phenoxy) is 1. The second kappa shape index (κ2) is 6.78. The zero-order valence-electron chi connectivity index (χ0n) is 9.95. The topological polar surface area (TPSA) is 64.3 Å². The Balaban J connectivity index is 2.07. The Morgan fingerprint density at radius 2 is 2.10 bits per heavy atom. The average Bonchev–Trinajstić information content (AvgIpc) is 2.89. The molecule has 0 saturated carbocycles. The molecular formula is C12H9BrCl2N2O2S. The SMILES string of the molecule is NNC(=O)c1ccc(COc2cc(Cl)c(Br)cc2Cl)s1. The van der Waals surface area contributed by atoms with Crippen molar-refractivity contribution in [2.45, 2.75) is 6.61 Å². The molecule has 2 aromatic rings. The number of nitrogens with two attached hydrogens (primary N) is 1. The maximum Gasteiger partial charge on any atom is 0.275 e. The molecule has 1 aromatic carbocycles. The average molecular weight is 396 g/mol. The molecule has 0 unspecified atom stereocenters. The normalized spacial score (nSPS) is 10.4. The van der Waals surface area contributed by atoms with E-state index in [1.807, 2.05) is 0 Å². The van der Waals surface area contributed by atoms with E-state index in [9.17, 15) is 4.79 Å². The van der Waals surface area contributed by atoms with E-state index in [0.717, 1.165) is 4.88 Å². The first-order valence-corrected chi connectivity index (χ1v) is 7.75. The second-order valence-corrected chi connectivity index (χ2v) is 6.56. The van der Waals surface area contributed by atoms with Gasteiger partial charge in [-0.05, 0) is 34.1 Å². The van der Waals surface area contributed by atoms with E-state index in [-0.39, 0.29) is 5.91 Å². The fraction of sp³-hybridized carbons (Fsp3) is 0.0833. The van der Waals surface area contributed by atoms with Gasteiger partial charge in [-0.15, -0.1) is 11.3 Å². The third-order valence-corrected chi connectivity index (χ3v) is 4.91. The summed E-state index contributed by atoms with van der Waals surface area (Å²) in [6.07, 6.45) is 0. The summed E-state index contributed by atoms with van der Waals surface area (Å²) in [5.74, 6) is 5.22. The Hall–Kier alpha value is -0.790. The summed E-state index contributed by atoms with van der Waals surface area (Å²) >= 11 is 16.6. The molecular weight excluding hydrogens is 387 g/mol. The highest BCUT2D eigenvalue weighted by Crippen LogP contribution is 2.34. The first-order chi connectivity index (χ1) is 9.51. The second-order valence-electron chi connectivity index (χ2n) is 3.72. The number of benzene rings is 1. The van der Waals surface area contributed by atoms with Crippen LogP contribution in [0.4, 0.5) is 0 Å². The highest BCUT2D eigenvalue weighted by molar-refractivity contribution is 9.10. The third kappa shape index (κ3) is 3.65. The molecule has 0 saturated heterocycles. The standard InChI is InChI=1S/C12H9BrCl2N2O2S/c13-7-3-9(15)10(4-8(7)14)19-5-6-1-2-11(20-6)12(18)17-16/h1-4H,5,16H2,(H,17,18). The van der Waals surface area contributed by atoms with Crippen LogP contribution >= 0.6 is 50.5 Å². The van der Waals surface area contributed by atoms with Gasteiger partial charge in [0.25, 0.3) is 5.91 Å². The predicted octanol–water partition coefficient (Wildman–Crippen LogP) is 4.00. The van der Waals surface area contributed by atoms with Gasteiger partial charge in [0.15, 0.2) is 0 Å².